The molecule has 1 rings (SSSR count). The average Bonchev–Trinajstić information content (AvgIpc) is 2.25. The van der Waals surface area contributed by atoms with Crippen molar-refractivity contribution in [1.82, 2.24) is 5.32 Å². The number of rotatable bonds is 5. The van der Waals surface area contributed by atoms with E-state index in [1.807, 2.05) is 0 Å². The van der Waals surface area contributed by atoms with Crippen LogP contribution in [0.2, 0.25) is 0 Å². The second kappa shape index (κ2) is 6.05. The Morgan fingerprint density at radius 3 is 2.50 bits per heavy atom. The third-order valence-electron chi connectivity index (χ3n) is 3.61. The molecule has 0 aromatic heterocycles. The molecule has 0 aliphatic rings. The van der Waals surface area contributed by atoms with E-state index in [2.05, 4.69) is 58.3 Å². The fourth-order valence-corrected chi connectivity index (χ4v) is 2.48. The summed E-state index contributed by atoms with van der Waals surface area (Å²) in [4.78, 5) is 0. The molecule has 0 aliphatic heterocycles. The van der Waals surface area contributed by atoms with Gasteiger partial charge in [0.05, 0.1) is 0 Å². The molecule has 1 nitrogen and oxygen atoms in total. The highest BCUT2D eigenvalue weighted by atomic mass is 14.9. The molecule has 0 saturated heterocycles. The molecule has 0 saturated carbocycles. The van der Waals surface area contributed by atoms with E-state index in [1.54, 1.807) is 0 Å². The molecule has 1 aromatic carbocycles. The normalized spacial score (nSPS) is 14.8. The molecule has 0 fully saturated rings. The quantitative estimate of drug-likeness (QED) is 0.789. The molecule has 0 bridgehead atoms. The van der Waals surface area contributed by atoms with Crippen molar-refractivity contribution in [2.45, 2.75) is 46.6 Å². The Labute approximate surface area is 100 Å². The maximum absolute atomic E-state index is 3.47. The standard InChI is InChI=1S/C15H25N/c1-6-8-12(3)15(16-5)14-10-7-9-11(2)13(14)4/h7,9-10,12,15-16H,6,8H2,1-5H3. The molecule has 0 radical (unpaired) electrons. The summed E-state index contributed by atoms with van der Waals surface area (Å²) in [5.74, 6) is 0.690. The van der Waals surface area contributed by atoms with E-state index in [9.17, 15) is 0 Å². The van der Waals surface area contributed by atoms with Crippen molar-refractivity contribution in [3.05, 3.63) is 34.9 Å². The fourth-order valence-electron chi connectivity index (χ4n) is 2.48. The SMILES string of the molecule is CCCC(C)C(NC)c1cccc(C)c1C. The van der Waals surface area contributed by atoms with Gasteiger partial charge in [-0.15, -0.1) is 0 Å². The van der Waals surface area contributed by atoms with Gasteiger partial charge in [0.1, 0.15) is 0 Å². The van der Waals surface area contributed by atoms with Gasteiger partial charge in [-0.2, -0.15) is 0 Å². The number of benzene rings is 1. The molecule has 90 valence electrons. The lowest BCUT2D eigenvalue weighted by Gasteiger charge is -2.26. The lowest BCUT2D eigenvalue weighted by Crippen LogP contribution is -2.24. The van der Waals surface area contributed by atoms with Gasteiger partial charge in [-0.25, -0.2) is 0 Å². The molecule has 16 heavy (non-hydrogen) atoms. The second-order valence-corrected chi connectivity index (χ2v) is 4.82. The van der Waals surface area contributed by atoms with Gasteiger partial charge >= 0.3 is 0 Å². The van der Waals surface area contributed by atoms with Crippen LogP contribution in [0, 0.1) is 19.8 Å². The van der Waals surface area contributed by atoms with Gasteiger partial charge in [0.25, 0.3) is 0 Å². The monoisotopic (exact) mass is 219 g/mol. The molecular formula is C15H25N. The van der Waals surface area contributed by atoms with Crippen molar-refractivity contribution in [3.63, 3.8) is 0 Å². The van der Waals surface area contributed by atoms with Gasteiger partial charge in [0, 0.05) is 6.04 Å². The summed E-state index contributed by atoms with van der Waals surface area (Å²) in [6.45, 7) is 9.02. The maximum Gasteiger partial charge on any atom is 0.0346 e. The van der Waals surface area contributed by atoms with E-state index in [1.165, 1.54) is 29.5 Å². The van der Waals surface area contributed by atoms with Crippen LogP contribution in [0.5, 0.6) is 0 Å². The predicted octanol–water partition coefficient (Wildman–Crippen LogP) is 4.00. The fraction of sp³-hybridized carbons (Fsp3) is 0.600. The molecule has 2 unspecified atom stereocenters. The Morgan fingerprint density at radius 1 is 1.25 bits per heavy atom. The number of aryl methyl sites for hydroxylation is 1. The van der Waals surface area contributed by atoms with E-state index in [0.29, 0.717) is 12.0 Å². The van der Waals surface area contributed by atoms with Crippen LogP contribution in [0.15, 0.2) is 18.2 Å². The second-order valence-electron chi connectivity index (χ2n) is 4.82. The van der Waals surface area contributed by atoms with Crippen LogP contribution in [0.4, 0.5) is 0 Å². The lowest BCUT2D eigenvalue weighted by atomic mass is 9.87. The van der Waals surface area contributed by atoms with Crippen LogP contribution in [0.25, 0.3) is 0 Å². The largest absolute Gasteiger partial charge is 0.313 e. The van der Waals surface area contributed by atoms with Crippen LogP contribution in [-0.4, -0.2) is 7.05 Å². The Hall–Kier alpha value is -0.820. The predicted molar refractivity (Wildman–Crippen MR) is 71.8 cm³/mol. The summed E-state index contributed by atoms with van der Waals surface area (Å²) < 4.78 is 0. The van der Waals surface area contributed by atoms with E-state index in [-0.39, 0.29) is 0 Å². The first kappa shape index (κ1) is 13.2. The van der Waals surface area contributed by atoms with E-state index in [4.69, 9.17) is 0 Å². The van der Waals surface area contributed by atoms with Crippen LogP contribution in [0.3, 0.4) is 0 Å². The van der Waals surface area contributed by atoms with E-state index >= 15 is 0 Å². The van der Waals surface area contributed by atoms with Gasteiger partial charge in [-0.1, -0.05) is 38.5 Å². The molecule has 0 amide bonds. The first-order valence-corrected chi connectivity index (χ1v) is 6.35. The molecule has 0 aliphatic carbocycles. The van der Waals surface area contributed by atoms with Crippen molar-refractivity contribution in [2.75, 3.05) is 7.05 Å². The van der Waals surface area contributed by atoms with Crippen LogP contribution in [-0.2, 0) is 0 Å². The van der Waals surface area contributed by atoms with E-state index in [0.717, 1.165) is 0 Å². The molecular weight excluding hydrogens is 194 g/mol. The highest BCUT2D eigenvalue weighted by Gasteiger charge is 2.18. The Kier molecular flexibility index (Phi) is 5.01. The van der Waals surface area contributed by atoms with Gasteiger partial charge in [-0.3, -0.25) is 0 Å². The summed E-state index contributed by atoms with van der Waals surface area (Å²) in [5, 5.41) is 3.47. The van der Waals surface area contributed by atoms with Gasteiger partial charge in [-0.05, 0) is 49.9 Å². The Bertz CT molecular complexity index is 330. The summed E-state index contributed by atoms with van der Waals surface area (Å²) >= 11 is 0. The average molecular weight is 219 g/mol. The summed E-state index contributed by atoms with van der Waals surface area (Å²) in [6, 6.07) is 7.10. The Morgan fingerprint density at radius 2 is 1.94 bits per heavy atom. The number of nitrogens with one attached hydrogen (secondary N) is 1. The van der Waals surface area contributed by atoms with Crippen molar-refractivity contribution >= 4 is 0 Å². The van der Waals surface area contributed by atoms with E-state index < -0.39 is 0 Å². The van der Waals surface area contributed by atoms with Crippen LogP contribution >= 0.6 is 0 Å². The van der Waals surface area contributed by atoms with Crippen molar-refractivity contribution in [2.24, 2.45) is 5.92 Å². The first-order valence-electron chi connectivity index (χ1n) is 6.35. The Balaban J connectivity index is 2.99. The zero-order chi connectivity index (χ0) is 12.1. The third kappa shape index (κ3) is 2.85. The molecule has 0 heterocycles. The minimum Gasteiger partial charge on any atom is -0.313 e. The summed E-state index contributed by atoms with van der Waals surface area (Å²) in [6.07, 6.45) is 2.53. The van der Waals surface area contributed by atoms with Crippen molar-refractivity contribution in [3.8, 4) is 0 Å². The topological polar surface area (TPSA) is 12.0 Å². The zero-order valence-electron chi connectivity index (χ0n) is 11.3. The van der Waals surface area contributed by atoms with Gasteiger partial charge in [0.15, 0.2) is 0 Å². The van der Waals surface area contributed by atoms with Gasteiger partial charge in [0.2, 0.25) is 0 Å². The zero-order valence-corrected chi connectivity index (χ0v) is 11.3. The highest BCUT2D eigenvalue weighted by molar-refractivity contribution is 5.35. The molecule has 2 atom stereocenters. The van der Waals surface area contributed by atoms with Crippen molar-refractivity contribution in [1.29, 1.82) is 0 Å². The first-order chi connectivity index (χ1) is 7.61. The summed E-state index contributed by atoms with van der Waals surface area (Å²) in [7, 11) is 2.07. The number of hydrogen-bond donors (Lipinski definition) is 1. The number of hydrogen-bond acceptors (Lipinski definition) is 1. The summed E-state index contributed by atoms with van der Waals surface area (Å²) in [5.41, 5.74) is 4.29. The highest BCUT2D eigenvalue weighted by Crippen LogP contribution is 2.28. The third-order valence-corrected chi connectivity index (χ3v) is 3.61. The van der Waals surface area contributed by atoms with Crippen molar-refractivity contribution < 1.29 is 0 Å². The molecule has 1 N–H and O–H groups in total. The van der Waals surface area contributed by atoms with Crippen LogP contribution < -0.4 is 5.32 Å². The lowest BCUT2D eigenvalue weighted by molar-refractivity contribution is 0.382. The molecule has 0 spiro atoms. The molecule has 1 heteroatoms. The smallest absolute Gasteiger partial charge is 0.0346 e. The molecule has 1 aromatic rings. The van der Waals surface area contributed by atoms with Gasteiger partial charge < -0.3 is 5.32 Å². The minimum absolute atomic E-state index is 0.486. The minimum atomic E-state index is 0.486. The maximum atomic E-state index is 3.47. The van der Waals surface area contributed by atoms with Crippen LogP contribution in [0.1, 0.15) is 49.4 Å².